The zero-order valence-corrected chi connectivity index (χ0v) is 14.3. The predicted octanol–water partition coefficient (Wildman–Crippen LogP) is 1.94. The molecule has 1 aromatic heterocycles. The summed E-state index contributed by atoms with van der Waals surface area (Å²) in [6.45, 7) is 6.58. The number of aromatic amines is 1. The normalized spacial score (nSPS) is 13.8. The molecule has 0 aliphatic rings. The molecular formula is C14H21BrN2O4. The van der Waals surface area contributed by atoms with Crippen LogP contribution in [0, 0.1) is 5.41 Å². The van der Waals surface area contributed by atoms with E-state index in [2.05, 4.69) is 20.9 Å². The van der Waals surface area contributed by atoms with E-state index in [9.17, 15) is 9.59 Å². The van der Waals surface area contributed by atoms with E-state index in [1.807, 2.05) is 20.8 Å². The Hall–Kier alpha value is -1.18. The lowest BCUT2D eigenvalue weighted by atomic mass is 9.88. The van der Waals surface area contributed by atoms with Crippen LogP contribution in [0.5, 0.6) is 0 Å². The number of hydrogen-bond donors (Lipinski definition) is 1. The second-order valence-corrected chi connectivity index (χ2v) is 5.99. The maximum atomic E-state index is 11.8. The van der Waals surface area contributed by atoms with Crippen LogP contribution in [-0.2, 0) is 16.2 Å². The second-order valence-electron chi connectivity index (χ2n) is 5.47. The first-order valence-corrected chi connectivity index (χ1v) is 7.44. The Bertz CT molecular complexity index is 604. The fraction of sp³-hybridized carbons (Fsp3) is 0.571. The Kier molecular flexibility index (Phi) is 6.57. The van der Waals surface area contributed by atoms with Crippen LogP contribution < -0.4 is 11.2 Å². The van der Waals surface area contributed by atoms with Gasteiger partial charge in [0, 0.05) is 18.7 Å². The molecule has 1 atom stereocenters. The fourth-order valence-corrected chi connectivity index (χ4v) is 2.00. The molecule has 0 saturated heterocycles. The molecule has 0 aliphatic heterocycles. The van der Waals surface area contributed by atoms with E-state index in [1.165, 1.54) is 10.8 Å². The molecule has 0 aliphatic carbocycles. The van der Waals surface area contributed by atoms with E-state index in [0.29, 0.717) is 12.2 Å². The first-order chi connectivity index (χ1) is 9.81. The lowest BCUT2D eigenvalue weighted by Crippen LogP contribution is -2.37. The van der Waals surface area contributed by atoms with Gasteiger partial charge in [0.2, 0.25) is 0 Å². The van der Waals surface area contributed by atoms with Crippen LogP contribution >= 0.6 is 15.9 Å². The number of halogens is 1. The van der Waals surface area contributed by atoms with Crippen LogP contribution in [0.25, 0.3) is 6.08 Å². The number of ether oxygens (including phenoxy) is 2. The molecule has 0 amide bonds. The van der Waals surface area contributed by atoms with Crippen molar-refractivity contribution >= 4 is 22.0 Å². The molecule has 1 aromatic rings. The smallest absolute Gasteiger partial charge is 0.330 e. The highest BCUT2D eigenvalue weighted by Gasteiger charge is 2.26. The minimum Gasteiger partial charge on any atom is -0.384 e. The summed E-state index contributed by atoms with van der Waals surface area (Å²) < 4.78 is 12.2. The van der Waals surface area contributed by atoms with Crippen molar-refractivity contribution in [2.45, 2.75) is 33.6 Å². The molecule has 0 spiro atoms. The molecule has 21 heavy (non-hydrogen) atoms. The van der Waals surface area contributed by atoms with Gasteiger partial charge in [-0.1, -0.05) is 29.8 Å². The van der Waals surface area contributed by atoms with E-state index in [0.717, 1.165) is 0 Å². The van der Waals surface area contributed by atoms with Crippen molar-refractivity contribution in [3.8, 4) is 0 Å². The Morgan fingerprint density at radius 2 is 2.14 bits per heavy atom. The topological polar surface area (TPSA) is 73.3 Å². The van der Waals surface area contributed by atoms with Gasteiger partial charge in [0.05, 0.1) is 18.3 Å². The monoisotopic (exact) mass is 360 g/mol. The Morgan fingerprint density at radius 3 is 2.71 bits per heavy atom. The lowest BCUT2D eigenvalue weighted by Gasteiger charge is -2.30. The number of methoxy groups -OCH3 is 1. The van der Waals surface area contributed by atoms with Crippen molar-refractivity contribution in [3.05, 3.63) is 37.6 Å². The Labute approximate surface area is 131 Å². The molecule has 1 N–H and O–H groups in total. The second kappa shape index (κ2) is 7.72. The summed E-state index contributed by atoms with van der Waals surface area (Å²) in [7, 11) is 1.64. The molecule has 118 valence electrons. The van der Waals surface area contributed by atoms with Gasteiger partial charge in [-0.2, -0.15) is 0 Å². The van der Waals surface area contributed by atoms with E-state index in [1.54, 1.807) is 18.2 Å². The number of H-pyrrole nitrogens is 1. The summed E-state index contributed by atoms with van der Waals surface area (Å²) in [5, 5.41) is 0. The first-order valence-electron chi connectivity index (χ1n) is 6.53. The average Bonchev–Trinajstić information content (AvgIpc) is 2.40. The van der Waals surface area contributed by atoms with Crippen molar-refractivity contribution in [1.29, 1.82) is 0 Å². The van der Waals surface area contributed by atoms with E-state index in [4.69, 9.17) is 9.47 Å². The number of nitrogens with one attached hydrogen (secondary N) is 1. The third-order valence-electron chi connectivity index (χ3n) is 3.36. The van der Waals surface area contributed by atoms with Crippen molar-refractivity contribution in [3.63, 3.8) is 0 Å². The highest BCUT2D eigenvalue weighted by atomic mass is 79.9. The average molecular weight is 361 g/mol. The fourth-order valence-electron chi connectivity index (χ4n) is 1.72. The number of nitrogens with zero attached hydrogens (tertiary/aromatic N) is 1. The molecule has 0 bridgehead atoms. The van der Waals surface area contributed by atoms with Crippen LogP contribution in [-0.4, -0.2) is 29.4 Å². The van der Waals surface area contributed by atoms with Crippen LogP contribution in [0.2, 0.25) is 0 Å². The summed E-state index contributed by atoms with van der Waals surface area (Å²) in [6.07, 6.45) is 2.91. The largest absolute Gasteiger partial charge is 0.384 e. The van der Waals surface area contributed by atoms with E-state index < -0.39 is 11.2 Å². The van der Waals surface area contributed by atoms with Gasteiger partial charge in [0.25, 0.3) is 5.56 Å². The molecule has 1 rings (SSSR count). The highest BCUT2D eigenvalue weighted by molar-refractivity contribution is 9.11. The summed E-state index contributed by atoms with van der Waals surface area (Å²) in [6, 6.07) is 0. The minimum absolute atomic E-state index is 0.0625. The molecule has 1 unspecified atom stereocenters. The van der Waals surface area contributed by atoms with Crippen LogP contribution in [0.3, 0.4) is 0 Å². The predicted molar refractivity (Wildman–Crippen MR) is 85.5 cm³/mol. The molecular weight excluding hydrogens is 340 g/mol. The molecule has 0 fully saturated rings. The highest BCUT2D eigenvalue weighted by Crippen LogP contribution is 2.23. The lowest BCUT2D eigenvalue weighted by molar-refractivity contribution is -0.0734. The van der Waals surface area contributed by atoms with Crippen LogP contribution in [0.15, 0.2) is 20.8 Å². The van der Waals surface area contributed by atoms with Gasteiger partial charge in [-0.25, -0.2) is 4.79 Å². The standard InChI is InChI=1S/C14H21BrN2O4/c1-10(14(2,3)8-20-4)21-9-17-7-11(5-6-15)12(18)16-13(17)19/h5-7,10H,8-9H2,1-4H3,(H,16,18,19)/b6-5+. The van der Waals surface area contributed by atoms with Crippen molar-refractivity contribution < 1.29 is 9.47 Å². The van der Waals surface area contributed by atoms with Crippen molar-refractivity contribution in [2.75, 3.05) is 13.7 Å². The zero-order valence-electron chi connectivity index (χ0n) is 12.7. The van der Waals surface area contributed by atoms with Gasteiger partial charge in [0.1, 0.15) is 6.73 Å². The summed E-state index contributed by atoms with van der Waals surface area (Å²) in [5.41, 5.74) is -0.735. The molecule has 0 aromatic carbocycles. The third-order valence-corrected chi connectivity index (χ3v) is 3.63. The Balaban J connectivity index is 2.87. The molecule has 0 radical (unpaired) electrons. The Morgan fingerprint density at radius 1 is 1.48 bits per heavy atom. The maximum Gasteiger partial charge on any atom is 0.330 e. The van der Waals surface area contributed by atoms with Gasteiger partial charge in [-0.05, 0) is 18.0 Å². The summed E-state index contributed by atoms with van der Waals surface area (Å²) >= 11 is 3.10. The summed E-state index contributed by atoms with van der Waals surface area (Å²) in [4.78, 5) is 27.1. The summed E-state index contributed by atoms with van der Waals surface area (Å²) in [5.74, 6) is 0. The maximum absolute atomic E-state index is 11.8. The number of hydrogen-bond acceptors (Lipinski definition) is 4. The zero-order chi connectivity index (χ0) is 16.0. The van der Waals surface area contributed by atoms with Gasteiger partial charge >= 0.3 is 5.69 Å². The number of aromatic nitrogens is 2. The van der Waals surface area contributed by atoms with Crippen molar-refractivity contribution in [2.24, 2.45) is 5.41 Å². The van der Waals surface area contributed by atoms with E-state index >= 15 is 0 Å². The quantitative estimate of drug-likeness (QED) is 0.806. The molecule has 0 saturated carbocycles. The van der Waals surface area contributed by atoms with Gasteiger partial charge in [0.15, 0.2) is 0 Å². The number of rotatable bonds is 7. The van der Waals surface area contributed by atoms with E-state index in [-0.39, 0.29) is 18.2 Å². The van der Waals surface area contributed by atoms with Gasteiger partial charge in [-0.15, -0.1) is 0 Å². The minimum atomic E-state index is -0.497. The van der Waals surface area contributed by atoms with Gasteiger partial charge < -0.3 is 9.47 Å². The molecule has 1 heterocycles. The van der Waals surface area contributed by atoms with Gasteiger partial charge in [-0.3, -0.25) is 14.3 Å². The van der Waals surface area contributed by atoms with Crippen LogP contribution in [0.1, 0.15) is 26.3 Å². The third kappa shape index (κ3) is 4.94. The van der Waals surface area contributed by atoms with Crippen molar-refractivity contribution in [1.82, 2.24) is 9.55 Å². The SMILES string of the molecule is COCC(C)(C)C(C)OCn1cc(/C=C/Br)c(=O)[nH]c1=O. The first kappa shape index (κ1) is 17.9. The molecule has 6 nitrogen and oxygen atoms in total. The van der Waals surface area contributed by atoms with Crippen LogP contribution in [0.4, 0.5) is 0 Å². The molecule has 7 heteroatoms.